The van der Waals surface area contributed by atoms with Gasteiger partial charge in [-0.1, -0.05) is 31.9 Å². The molecule has 1 aliphatic rings. The number of nitrogens with zero attached hydrogens (tertiary/aromatic N) is 1. The number of hydrogen-bond donors (Lipinski definition) is 1. The molecule has 3 nitrogen and oxygen atoms in total. The zero-order valence-corrected chi connectivity index (χ0v) is 12.7. The van der Waals surface area contributed by atoms with Crippen LogP contribution in [0.15, 0.2) is 24.3 Å². The molecule has 0 spiro atoms. The van der Waals surface area contributed by atoms with Gasteiger partial charge in [0, 0.05) is 5.69 Å². The third-order valence-corrected chi connectivity index (χ3v) is 4.20. The highest BCUT2D eigenvalue weighted by Gasteiger charge is 2.21. The van der Waals surface area contributed by atoms with Gasteiger partial charge in [-0.15, -0.1) is 0 Å². The van der Waals surface area contributed by atoms with E-state index >= 15 is 0 Å². The minimum atomic E-state index is -0.0426. The van der Waals surface area contributed by atoms with Gasteiger partial charge in [-0.25, -0.2) is 0 Å². The molecule has 0 aliphatic carbocycles. The lowest BCUT2D eigenvalue weighted by Crippen LogP contribution is -2.42. The maximum atomic E-state index is 12.3. The van der Waals surface area contributed by atoms with Gasteiger partial charge < -0.3 is 5.32 Å². The molecule has 1 saturated heterocycles. The molecule has 0 saturated carbocycles. The van der Waals surface area contributed by atoms with Gasteiger partial charge in [0.1, 0.15) is 0 Å². The highest BCUT2D eigenvalue weighted by atomic mass is 16.2. The van der Waals surface area contributed by atoms with Crippen molar-refractivity contribution >= 4 is 11.6 Å². The van der Waals surface area contributed by atoms with E-state index < -0.39 is 0 Å². The van der Waals surface area contributed by atoms with E-state index in [4.69, 9.17) is 0 Å². The van der Waals surface area contributed by atoms with Crippen molar-refractivity contribution in [2.45, 2.75) is 52.0 Å². The molecule has 0 aromatic heterocycles. The summed E-state index contributed by atoms with van der Waals surface area (Å²) >= 11 is 0. The van der Waals surface area contributed by atoms with Crippen LogP contribution in [0.25, 0.3) is 0 Å². The number of aryl methyl sites for hydroxylation is 1. The van der Waals surface area contributed by atoms with Crippen LogP contribution < -0.4 is 5.32 Å². The van der Waals surface area contributed by atoms with E-state index in [2.05, 4.69) is 29.3 Å². The van der Waals surface area contributed by atoms with Gasteiger partial charge in [-0.3, -0.25) is 9.69 Å². The lowest BCUT2D eigenvalue weighted by atomic mass is 10.1. The minimum absolute atomic E-state index is 0.0426. The quantitative estimate of drug-likeness (QED) is 0.912. The summed E-state index contributed by atoms with van der Waals surface area (Å²) in [5.41, 5.74) is 2.19. The fourth-order valence-electron chi connectivity index (χ4n) is 2.72. The second-order valence-corrected chi connectivity index (χ2v) is 5.67. The predicted octanol–water partition coefficient (Wildman–Crippen LogP) is 3.45. The highest BCUT2D eigenvalue weighted by Crippen LogP contribution is 2.15. The van der Waals surface area contributed by atoms with Crippen LogP contribution >= 0.6 is 0 Å². The molecule has 1 heterocycles. The van der Waals surface area contributed by atoms with E-state index in [1.165, 1.54) is 31.2 Å². The first-order valence-corrected chi connectivity index (χ1v) is 7.84. The van der Waals surface area contributed by atoms with Gasteiger partial charge in [-0.05, 0) is 57.0 Å². The van der Waals surface area contributed by atoms with Crippen LogP contribution in [0.1, 0.15) is 45.1 Å². The first kappa shape index (κ1) is 15.0. The number of hydrogen-bond acceptors (Lipinski definition) is 2. The Labute approximate surface area is 122 Å². The van der Waals surface area contributed by atoms with Crippen molar-refractivity contribution in [3.63, 3.8) is 0 Å². The Hall–Kier alpha value is -1.35. The van der Waals surface area contributed by atoms with Crippen molar-refractivity contribution in [1.29, 1.82) is 0 Å². The van der Waals surface area contributed by atoms with E-state index in [0.717, 1.165) is 25.2 Å². The topological polar surface area (TPSA) is 32.3 Å². The Kier molecular flexibility index (Phi) is 5.60. The van der Waals surface area contributed by atoms with Crippen LogP contribution in [0.2, 0.25) is 0 Å². The average molecular weight is 274 g/mol. The number of amides is 1. The van der Waals surface area contributed by atoms with Crippen LogP contribution in [-0.4, -0.2) is 29.9 Å². The van der Waals surface area contributed by atoms with Crippen LogP contribution in [0.4, 0.5) is 5.69 Å². The number of likely N-dealkylation sites (tertiary alicyclic amines) is 1. The minimum Gasteiger partial charge on any atom is -0.325 e. The Morgan fingerprint density at radius 3 is 2.30 bits per heavy atom. The van der Waals surface area contributed by atoms with Crippen LogP contribution in [0.5, 0.6) is 0 Å². The highest BCUT2D eigenvalue weighted by molar-refractivity contribution is 5.94. The molecule has 1 amide bonds. The maximum Gasteiger partial charge on any atom is 0.241 e. The van der Waals surface area contributed by atoms with Gasteiger partial charge in [0.05, 0.1) is 6.04 Å². The number of nitrogens with one attached hydrogen (secondary N) is 1. The molecule has 2 rings (SSSR count). The maximum absolute atomic E-state index is 12.3. The summed E-state index contributed by atoms with van der Waals surface area (Å²) < 4.78 is 0. The third-order valence-electron chi connectivity index (χ3n) is 4.20. The fraction of sp³-hybridized carbons (Fsp3) is 0.588. The van der Waals surface area contributed by atoms with E-state index in [1.807, 2.05) is 19.1 Å². The van der Waals surface area contributed by atoms with E-state index in [0.29, 0.717) is 0 Å². The van der Waals surface area contributed by atoms with Gasteiger partial charge in [0.15, 0.2) is 0 Å². The van der Waals surface area contributed by atoms with Crippen molar-refractivity contribution in [1.82, 2.24) is 4.90 Å². The number of rotatable bonds is 4. The molecule has 1 aromatic rings. The molecule has 0 radical (unpaired) electrons. The van der Waals surface area contributed by atoms with Gasteiger partial charge >= 0.3 is 0 Å². The zero-order chi connectivity index (χ0) is 14.4. The lowest BCUT2D eigenvalue weighted by Gasteiger charge is -2.26. The monoisotopic (exact) mass is 274 g/mol. The Bertz CT molecular complexity index is 419. The molecule has 1 aromatic carbocycles. The second-order valence-electron chi connectivity index (χ2n) is 5.67. The van der Waals surface area contributed by atoms with Crippen molar-refractivity contribution in [3.8, 4) is 0 Å². The Morgan fingerprint density at radius 1 is 1.15 bits per heavy atom. The molecule has 0 bridgehead atoms. The summed E-state index contributed by atoms with van der Waals surface area (Å²) in [6, 6.07) is 8.09. The smallest absolute Gasteiger partial charge is 0.241 e. The molecular weight excluding hydrogens is 248 g/mol. The number of anilines is 1. The number of carbonyl (C=O) groups is 1. The SMILES string of the molecule is CCc1ccc(NC(=O)[C@H](C)N2CCCCCC2)cc1. The van der Waals surface area contributed by atoms with E-state index in [1.54, 1.807) is 0 Å². The van der Waals surface area contributed by atoms with Crippen molar-refractivity contribution in [3.05, 3.63) is 29.8 Å². The molecule has 1 fully saturated rings. The number of benzene rings is 1. The fourth-order valence-corrected chi connectivity index (χ4v) is 2.72. The van der Waals surface area contributed by atoms with Crippen LogP contribution in [0, 0.1) is 0 Å². The Morgan fingerprint density at radius 2 is 1.75 bits per heavy atom. The predicted molar refractivity (Wildman–Crippen MR) is 84.0 cm³/mol. The van der Waals surface area contributed by atoms with Gasteiger partial charge in [-0.2, -0.15) is 0 Å². The summed E-state index contributed by atoms with van der Waals surface area (Å²) in [5, 5.41) is 3.03. The normalized spacial score (nSPS) is 18.3. The van der Waals surface area contributed by atoms with E-state index in [9.17, 15) is 4.79 Å². The molecule has 1 N–H and O–H groups in total. The van der Waals surface area contributed by atoms with Gasteiger partial charge in [0.25, 0.3) is 0 Å². The lowest BCUT2D eigenvalue weighted by molar-refractivity contribution is -0.120. The molecule has 1 atom stereocenters. The van der Waals surface area contributed by atoms with Crippen molar-refractivity contribution in [2.24, 2.45) is 0 Å². The van der Waals surface area contributed by atoms with Gasteiger partial charge in [0.2, 0.25) is 5.91 Å². The van der Waals surface area contributed by atoms with E-state index in [-0.39, 0.29) is 11.9 Å². The number of carbonyl (C=O) groups excluding carboxylic acids is 1. The largest absolute Gasteiger partial charge is 0.325 e. The summed E-state index contributed by atoms with van der Waals surface area (Å²) in [6.07, 6.45) is 6.04. The summed E-state index contributed by atoms with van der Waals surface area (Å²) in [5.74, 6) is 0.108. The standard InChI is InChI=1S/C17H26N2O/c1-3-15-8-10-16(11-9-15)18-17(20)14(2)19-12-6-4-5-7-13-19/h8-11,14H,3-7,12-13H2,1-2H3,(H,18,20)/t14-/m0/s1. The summed E-state index contributed by atoms with van der Waals surface area (Å²) in [6.45, 7) is 6.24. The van der Waals surface area contributed by atoms with Crippen LogP contribution in [-0.2, 0) is 11.2 Å². The third kappa shape index (κ3) is 4.07. The van der Waals surface area contributed by atoms with Crippen LogP contribution in [0.3, 0.4) is 0 Å². The molecule has 3 heteroatoms. The summed E-state index contributed by atoms with van der Waals surface area (Å²) in [4.78, 5) is 14.6. The average Bonchev–Trinajstić information content (AvgIpc) is 2.76. The second kappa shape index (κ2) is 7.44. The molecule has 20 heavy (non-hydrogen) atoms. The first-order chi connectivity index (χ1) is 9.70. The van der Waals surface area contributed by atoms with Crippen molar-refractivity contribution in [2.75, 3.05) is 18.4 Å². The van der Waals surface area contributed by atoms with Crippen molar-refractivity contribution < 1.29 is 4.79 Å². The first-order valence-electron chi connectivity index (χ1n) is 7.84. The molecule has 0 unspecified atom stereocenters. The zero-order valence-electron chi connectivity index (χ0n) is 12.7. The molecule has 110 valence electrons. The Balaban J connectivity index is 1.92. The summed E-state index contributed by atoms with van der Waals surface area (Å²) in [7, 11) is 0. The molecule has 1 aliphatic heterocycles. The molecular formula is C17H26N2O.